The second-order valence-electron chi connectivity index (χ2n) is 6.55. The molecule has 0 aliphatic carbocycles. The average molecular weight is 393 g/mol. The Bertz CT molecular complexity index is 769. The van der Waals surface area contributed by atoms with Crippen LogP contribution in [0.1, 0.15) is 15.9 Å². The van der Waals surface area contributed by atoms with Crippen LogP contribution in [-0.4, -0.2) is 61.0 Å². The molecule has 138 valence electrons. The van der Waals surface area contributed by atoms with Crippen molar-refractivity contribution in [2.45, 2.75) is 6.54 Å². The number of anilines is 1. The van der Waals surface area contributed by atoms with E-state index in [9.17, 15) is 4.79 Å². The molecule has 0 spiro atoms. The molecule has 1 aromatic heterocycles. The fraction of sp³-hybridized carbons (Fsp3) is 0.368. The van der Waals surface area contributed by atoms with E-state index in [4.69, 9.17) is 23.2 Å². The van der Waals surface area contributed by atoms with E-state index in [-0.39, 0.29) is 5.91 Å². The van der Waals surface area contributed by atoms with Crippen LogP contribution in [0.4, 0.5) is 5.82 Å². The molecule has 7 heteroatoms. The number of carbonyl (C=O) groups excluding carboxylic acids is 1. The standard InChI is InChI=1S/C19H22Cl2N4O/c1-23(2)18-14(5-4-8-22-18)13-24-9-11-25(12-10-24)19(26)17-15(20)6-3-7-16(17)21/h3-8H,9-13H2,1-2H3. The van der Waals surface area contributed by atoms with Gasteiger partial charge in [-0.15, -0.1) is 0 Å². The van der Waals surface area contributed by atoms with Crippen molar-refractivity contribution in [3.63, 3.8) is 0 Å². The number of halogens is 2. The first-order valence-electron chi connectivity index (χ1n) is 8.54. The minimum absolute atomic E-state index is 0.101. The largest absolute Gasteiger partial charge is 0.362 e. The van der Waals surface area contributed by atoms with Gasteiger partial charge in [0, 0.05) is 58.6 Å². The van der Waals surface area contributed by atoms with E-state index in [0.29, 0.717) is 28.7 Å². The molecule has 1 fully saturated rings. The van der Waals surface area contributed by atoms with Crippen molar-refractivity contribution in [3.05, 3.63) is 57.7 Å². The van der Waals surface area contributed by atoms with E-state index in [2.05, 4.69) is 16.0 Å². The third kappa shape index (κ3) is 4.11. The molecular formula is C19H22Cl2N4O. The van der Waals surface area contributed by atoms with Gasteiger partial charge in [-0.3, -0.25) is 9.69 Å². The second-order valence-corrected chi connectivity index (χ2v) is 7.36. The quantitative estimate of drug-likeness (QED) is 0.798. The van der Waals surface area contributed by atoms with Crippen molar-refractivity contribution in [2.24, 2.45) is 0 Å². The van der Waals surface area contributed by atoms with Gasteiger partial charge in [0.05, 0.1) is 15.6 Å². The van der Waals surface area contributed by atoms with Crippen LogP contribution in [0.25, 0.3) is 0 Å². The topological polar surface area (TPSA) is 39.7 Å². The van der Waals surface area contributed by atoms with Crippen molar-refractivity contribution in [3.8, 4) is 0 Å². The van der Waals surface area contributed by atoms with Crippen molar-refractivity contribution >= 4 is 34.9 Å². The molecule has 0 saturated carbocycles. The average Bonchev–Trinajstić information content (AvgIpc) is 2.62. The maximum absolute atomic E-state index is 12.8. The summed E-state index contributed by atoms with van der Waals surface area (Å²) in [5.74, 6) is 0.879. The Labute approximate surface area is 164 Å². The van der Waals surface area contributed by atoms with E-state index in [1.807, 2.05) is 36.2 Å². The molecule has 1 aliphatic heterocycles. The number of rotatable bonds is 4. The lowest BCUT2D eigenvalue weighted by molar-refractivity contribution is 0.0629. The maximum Gasteiger partial charge on any atom is 0.256 e. The van der Waals surface area contributed by atoms with Gasteiger partial charge in [-0.05, 0) is 18.2 Å². The molecule has 5 nitrogen and oxygen atoms in total. The van der Waals surface area contributed by atoms with Crippen LogP contribution < -0.4 is 4.90 Å². The first-order valence-corrected chi connectivity index (χ1v) is 9.30. The summed E-state index contributed by atoms with van der Waals surface area (Å²) < 4.78 is 0. The number of pyridine rings is 1. The van der Waals surface area contributed by atoms with E-state index in [1.54, 1.807) is 18.2 Å². The van der Waals surface area contributed by atoms with E-state index in [1.165, 1.54) is 5.56 Å². The number of piperazine rings is 1. The Balaban J connectivity index is 1.64. The molecule has 0 bridgehead atoms. The molecule has 2 heterocycles. The van der Waals surface area contributed by atoms with Crippen LogP contribution in [-0.2, 0) is 6.54 Å². The summed E-state index contributed by atoms with van der Waals surface area (Å²) in [5.41, 5.74) is 1.58. The van der Waals surface area contributed by atoms with Crippen LogP contribution >= 0.6 is 23.2 Å². The van der Waals surface area contributed by atoms with E-state index < -0.39 is 0 Å². The van der Waals surface area contributed by atoms with Gasteiger partial charge >= 0.3 is 0 Å². The summed E-state index contributed by atoms with van der Waals surface area (Å²) in [7, 11) is 3.99. The van der Waals surface area contributed by atoms with E-state index in [0.717, 1.165) is 25.5 Å². The predicted molar refractivity (Wildman–Crippen MR) is 106 cm³/mol. The van der Waals surface area contributed by atoms with E-state index >= 15 is 0 Å². The zero-order valence-electron chi connectivity index (χ0n) is 15.0. The normalized spacial score (nSPS) is 15.2. The molecule has 1 amide bonds. The van der Waals surface area contributed by atoms with Crippen molar-refractivity contribution in [1.29, 1.82) is 0 Å². The number of hydrogen-bond acceptors (Lipinski definition) is 4. The van der Waals surface area contributed by atoms with Gasteiger partial charge in [-0.2, -0.15) is 0 Å². The highest BCUT2D eigenvalue weighted by molar-refractivity contribution is 6.39. The lowest BCUT2D eigenvalue weighted by atomic mass is 10.1. The zero-order valence-corrected chi connectivity index (χ0v) is 16.5. The Kier molecular flexibility index (Phi) is 6.01. The van der Waals surface area contributed by atoms with Crippen molar-refractivity contribution in [2.75, 3.05) is 45.2 Å². The number of nitrogens with zero attached hydrogens (tertiary/aromatic N) is 4. The Morgan fingerprint density at radius 3 is 2.35 bits per heavy atom. The van der Waals surface area contributed by atoms with Gasteiger partial charge < -0.3 is 9.80 Å². The highest BCUT2D eigenvalue weighted by atomic mass is 35.5. The molecule has 0 N–H and O–H groups in total. The van der Waals surface area contributed by atoms with Crippen molar-refractivity contribution in [1.82, 2.24) is 14.8 Å². The zero-order chi connectivity index (χ0) is 18.7. The molecule has 26 heavy (non-hydrogen) atoms. The fourth-order valence-electron chi connectivity index (χ4n) is 3.17. The molecule has 0 unspecified atom stereocenters. The third-order valence-electron chi connectivity index (χ3n) is 4.52. The molecule has 1 aliphatic rings. The summed E-state index contributed by atoms with van der Waals surface area (Å²) in [4.78, 5) is 23.4. The predicted octanol–water partition coefficient (Wildman–Crippen LogP) is 3.41. The first kappa shape index (κ1) is 19.0. The summed E-state index contributed by atoms with van der Waals surface area (Å²) in [6.45, 7) is 3.72. The van der Waals surface area contributed by atoms with Gasteiger partial charge in [0.25, 0.3) is 5.91 Å². The van der Waals surface area contributed by atoms with Crippen LogP contribution in [0.3, 0.4) is 0 Å². The Morgan fingerprint density at radius 1 is 1.08 bits per heavy atom. The van der Waals surface area contributed by atoms with Crippen molar-refractivity contribution < 1.29 is 4.79 Å². The number of amides is 1. The molecule has 1 saturated heterocycles. The summed E-state index contributed by atoms with van der Waals surface area (Å²) in [6.07, 6.45) is 1.81. The summed E-state index contributed by atoms with van der Waals surface area (Å²) >= 11 is 12.3. The summed E-state index contributed by atoms with van der Waals surface area (Å²) in [5, 5.41) is 0.798. The van der Waals surface area contributed by atoms with Gasteiger partial charge in [0.1, 0.15) is 5.82 Å². The highest BCUT2D eigenvalue weighted by Gasteiger charge is 2.25. The van der Waals surface area contributed by atoms with Gasteiger partial charge in [-0.1, -0.05) is 35.3 Å². The number of carbonyl (C=O) groups is 1. The van der Waals surface area contributed by atoms with Gasteiger partial charge in [0.2, 0.25) is 0 Å². The molecule has 2 aromatic rings. The SMILES string of the molecule is CN(C)c1ncccc1CN1CCN(C(=O)c2c(Cl)cccc2Cl)CC1. The summed E-state index contributed by atoms with van der Waals surface area (Å²) in [6, 6.07) is 9.20. The second kappa shape index (κ2) is 8.25. The van der Waals surface area contributed by atoms with Crippen LogP contribution in [0, 0.1) is 0 Å². The van der Waals surface area contributed by atoms with Crippen LogP contribution in [0.15, 0.2) is 36.5 Å². The monoisotopic (exact) mass is 392 g/mol. The highest BCUT2D eigenvalue weighted by Crippen LogP contribution is 2.26. The maximum atomic E-state index is 12.8. The third-order valence-corrected chi connectivity index (χ3v) is 5.15. The molecular weight excluding hydrogens is 371 g/mol. The number of benzene rings is 1. The first-order chi connectivity index (χ1) is 12.5. The number of hydrogen-bond donors (Lipinski definition) is 0. The van der Waals surface area contributed by atoms with Gasteiger partial charge in [-0.25, -0.2) is 4.98 Å². The Morgan fingerprint density at radius 2 is 1.73 bits per heavy atom. The van der Waals surface area contributed by atoms with Crippen LogP contribution in [0.2, 0.25) is 10.0 Å². The lowest BCUT2D eigenvalue weighted by Crippen LogP contribution is -2.48. The molecule has 3 rings (SSSR count). The minimum Gasteiger partial charge on any atom is -0.362 e. The molecule has 0 radical (unpaired) electrons. The fourth-order valence-corrected chi connectivity index (χ4v) is 3.73. The van der Waals surface area contributed by atoms with Crippen LogP contribution in [0.5, 0.6) is 0 Å². The number of aromatic nitrogens is 1. The van der Waals surface area contributed by atoms with Gasteiger partial charge in [0.15, 0.2) is 0 Å². The smallest absolute Gasteiger partial charge is 0.256 e. The Hall–Kier alpha value is -1.82. The minimum atomic E-state index is -0.101. The molecule has 1 aromatic carbocycles. The molecule has 0 atom stereocenters. The lowest BCUT2D eigenvalue weighted by Gasteiger charge is -2.35.